The zero-order chi connectivity index (χ0) is 29.0. The number of carbonyl (C=O) groups is 2. The average Bonchev–Trinajstić information content (AvgIpc) is 2.92. The van der Waals surface area contributed by atoms with Crippen molar-refractivity contribution in [3.8, 4) is 0 Å². The van der Waals surface area contributed by atoms with Gasteiger partial charge in [-0.2, -0.15) is 13.2 Å². The van der Waals surface area contributed by atoms with Crippen LogP contribution in [0.15, 0.2) is 42.5 Å². The second-order valence-electron chi connectivity index (χ2n) is 9.86. The molecule has 2 aromatic rings. The van der Waals surface area contributed by atoms with E-state index in [1.165, 1.54) is 12.1 Å². The van der Waals surface area contributed by atoms with Gasteiger partial charge in [-0.25, -0.2) is 0 Å². The van der Waals surface area contributed by atoms with Gasteiger partial charge in [0, 0.05) is 62.3 Å². The number of carbonyl (C=O) groups excluding carboxylic acids is 2. The molecule has 214 valence electrons. The van der Waals surface area contributed by atoms with Gasteiger partial charge in [0.2, 0.25) is 0 Å². The number of thiocarbonyl (C=S) groups is 1. The van der Waals surface area contributed by atoms with E-state index >= 15 is 0 Å². The maximum atomic E-state index is 12.8. The summed E-state index contributed by atoms with van der Waals surface area (Å²) in [5.41, 5.74) is 1.77. The predicted molar refractivity (Wildman–Crippen MR) is 149 cm³/mol. The highest BCUT2D eigenvalue weighted by Gasteiger charge is 2.43. The molecule has 0 unspecified atom stereocenters. The van der Waals surface area contributed by atoms with E-state index in [0.29, 0.717) is 30.4 Å². The van der Waals surface area contributed by atoms with E-state index in [-0.39, 0.29) is 42.5 Å². The van der Waals surface area contributed by atoms with E-state index in [0.717, 1.165) is 23.4 Å². The molecule has 4 rings (SSSR count). The van der Waals surface area contributed by atoms with Crippen molar-refractivity contribution in [2.24, 2.45) is 5.92 Å². The molecule has 0 aliphatic carbocycles. The Morgan fingerprint density at radius 2 is 1.60 bits per heavy atom. The fourth-order valence-corrected chi connectivity index (χ4v) is 4.98. The number of anilines is 3. The quantitative estimate of drug-likeness (QED) is 0.309. The number of rotatable bonds is 5. The second kappa shape index (κ2) is 12.1. The Kier molecular flexibility index (Phi) is 8.76. The highest BCUT2D eigenvalue weighted by Crippen LogP contribution is 2.32. The summed E-state index contributed by atoms with van der Waals surface area (Å²) in [6.07, 6.45) is -2.99. The average molecular weight is 579 g/mol. The number of nitro groups is 1. The standard InChI is InChI=1S/C26H29F3N6O4S/c1-17-8-10-33(11-9-17)21-7-2-18(16-22(21)35(38)39)23(36)31-25(40)30-19-3-5-20(6-4-19)32-12-14-34(15-13-32)24(37)26(27,28)29/h2-7,16-17H,8-15H2,1H3,(H2,30,31,36,40). The number of piperidine rings is 1. The molecule has 2 aromatic carbocycles. The molecule has 2 aliphatic heterocycles. The van der Waals surface area contributed by atoms with Crippen molar-refractivity contribution in [3.05, 3.63) is 58.1 Å². The lowest BCUT2D eigenvalue weighted by Gasteiger charge is -2.36. The van der Waals surface area contributed by atoms with Gasteiger partial charge >= 0.3 is 12.1 Å². The van der Waals surface area contributed by atoms with Gasteiger partial charge in [-0.15, -0.1) is 0 Å². The van der Waals surface area contributed by atoms with E-state index in [9.17, 15) is 32.9 Å². The summed E-state index contributed by atoms with van der Waals surface area (Å²) in [5, 5.41) is 17.1. The van der Waals surface area contributed by atoms with Crippen LogP contribution in [0.5, 0.6) is 0 Å². The molecule has 0 atom stereocenters. The molecule has 2 amide bonds. The summed E-state index contributed by atoms with van der Waals surface area (Å²) in [7, 11) is 0. The summed E-state index contributed by atoms with van der Waals surface area (Å²) >= 11 is 5.24. The molecule has 2 aliphatic rings. The van der Waals surface area contributed by atoms with Crippen LogP contribution >= 0.6 is 12.2 Å². The molecule has 0 spiro atoms. The van der Waals surface area contributed by atoms with Crippen LogP contribution in [0.1, 0.15) is 30.1 Å². The number of benzene rings is 2. The highest BCUT2D eigenvalue weighted by atomic mass is 32.1. The number of amides is 2. The van der Waals surface area contributed by atoms with Crippen LogP contribution in [0, 0.1) is 16.0 Å². The van der Waals surface area contributed by atoms with Crippen molar-refractivity contribution in [2.45, 2.75) is 25.9 Å². The van der Waals surface area contributed by atoms with Crippen molar-refractivity contribution in [1.82, 2.24) is 10.2 Å². The van der Waals surface area contributed by atoms with Crippen LogP contribution in [0.4, 0.5) is 35.9 Å². The van der Waals surface area contributed by atoms with Crippen LogP contribution in [0.2, 0.25) is 0 Å². The number of piperazine rings is 1. The summed E-state index contributed by atoms with van der Waals surface area (Å²) < 4.78 is 37.9. The largest absolute Gasteiger partial charge is 0.471 e. The zero-order valence-corrected chi connectivity index (χ0v) is 22.6. The van der Waals surface area contributed by atoms with E-state index in [1.54, 1.807) is 30.3 Å². The summed E-state index contributed by atoms with van der Waals surface area (Å²) in [6, 6.07) is 11.3. The van der Waals surface area contributed by atoms with Gasteiger partial charge < -0.3 is 20.0 Å². The van der Waals surface area contributed by atoms with Gasteiger partial charge in [-0.05, 0) is 67.4 Å². The summed E-state index contributed by atoms with van der Waals surface area (Å²) in [5.74, 6) is -1.86. The topological polar surface area (TPSA) is 111 Å². The van der Waals surface area contributed by atoms with Crippen LogP contribution in [0.3, 0.4) is 0 Å². The SMILES string of the molecule is CC1CCN(c2ccc(C(=O)NC(=S)Nc3ccc(N4CCN(C(=O)C(F)(F)F)CC4)cc3)cc2[N+](=O)[O-])CC1. The molecule has 40 heavy (non-hydrogen) atoms. The van der Waals surface area contributed by atoms with Gasteiger partial charge in [0.05, 0.1) is 4.92 Å². The monoisotopic (exact) mass is 578 g/mol. The molecule has 10 nitrogen and oxygen atoms in total. The van der Waals surface area contributed by atoms with Crippen molar-refractivity contribution >= 4 is 51.9 Å². The minimum absolute atomic E-state index is 0.00576. The van der Waals surface area contributed by atoms with Crippen molar-refractivity contribution < 1.29 is 27.7 Å². The minimum Gasteiger partial charge on any atom is -0.368 e. The maximum Gasteiger partial charge on any atom is 0.471 e. The Balaban J connectivity index is 1.32. The number of alkyl halides is 3. The molecular formula is C26H29F3N6O4S. The molecule has 14 heteroatoms. The molecule has 2 N–H and O–H groups in total. The second-order valence-corrected chi connectivity index (χ2v) is 10.3. The van der Waals surface area contributed by atoms with Crippen LogP contribution in [0.25, 0.3) is 0 Å². The van der Waals surface area contributed by atoms with Crippen LogP contribution in [-0.2, 0) is 4.79 Å². The Morgan fingerprint density at radius 1 is 0.975 bits per heavy atom. The third-order valence-electron chi connectivity index (χ3n) is 7.09. The fourth-order valence-electron chi connectivity index (χ4n) is 4.77. The first-order valence-corrected chi connectivity index (χ1v) is 13.2. The van der Waals surface area contributed by atoms with Crippen LogP contribution < -0.4 is 20.4 Å². The van der Waals surface area contributed by atoms with Crippen molar-refractivity contribution in [2.75, 3.05) is 54.4 Å². The summed E-state index contributed by atoms with van der Waals surface area (Å²) in [4.78, 5) is 40.1. The minimum atomic E-state index is -4.88. The Hall–Kier alpha value is -3.94. The van der Waals surface area contributed by atoms with E-state index in [2.05, 4.69) is 17.6 Å². The Bertz CT molecular complexity index is 1270. The van der Waals surface area contributed by atoms with Crippen molar-refractivity contribution in [1.29, 1.82) is 0 Å². The third kappa shape index (κ3) is 6.97. The van der Waals surface area contributed by atoms with Gasteiger partial charge in [0.25, 0.3) is 11.6 Å². The van der Waals surface area contributed by atoms with Gasteiger partial charge in [0.15, 0.2) is 5.11 Å². The molecule has 2 fully saturated rings. The molecular weight excluding hydrogens is 549 g/mol. The normalized spacial score (nSPS) is 16.4. The Morgan fingerprint density at radius 3 is 2.17 bits per heavy atom. The molecule has 0 saturated carbocycles. The predicted octanol–water partition coefficient (Wildman–Crippen LogP) is 4.17. The highest BCUT2D eigenvalue weighted by molar-refractivity contribution is 7.80. The zero-order valence-electron chi connectivity index (χ0n) is 21.7. The van der Waals surface area contributed by atoms with E-state index in [1.807, 2.05) is 9.80 Å². The number of halogens is 3. The fraction of sp³-hybridized carbons (Fsp3) is 0.423. The molecule has 2 saturated heterocycles. The molecule has 0 bridgehead atoms. The number of nitrogens with one attached hydrogen (secondary N) is 2. The van der Waals surface area contributed by atoms with E-state index < -0.39 is 22.9 Å². The Labute approximate surface area is 234 Å². The summed E-state index contributed by atoms with van der Waals surface area (Å²) in [6.45, 7) is 4.02. The van der Waals surface area contributed by atoms with Gasteiger partial charge in [-0.1, -0.05) is 6.92 Å². The number of hydrogen-bond acceptors (Lipinski definition) is 7. The van der Waals surface area contributed by atoms with E-state index in [4.69, 9.17) is 12.2 Å². The molecule has 0 radical (unpaired) electrons. The smallest absolute Gasteiger partial charge is 0.368 e. The molecule has 2 heterocycles. The number of nitro benzene ring substituents is 1. The third-order valence-corrected chi connectivity index (χ3v) is 7.29. The first-order valence-electron chi connectivity index (χ1n) is 12.8. The van der Waals surface area contributed by atoms with Gasteiger partial charge in [-0.3, -0.25) is 25.0 Å². The first kappa shape index (κ1) is 29.1. The lowest BCUT2D eigenvalue weighted by atomic mass is 9.98. The lowest BCUT2D eigenvalue weighted by Crippen LogP contribution is -2.52. The lowest BCUT2D eigenvalue weighted by molar-refractivity contribution is -0.384. The number of hydrogen-bond donors (Lipinski definition) is 2. The molecule has 0 aromatic heterocycles. The van der Waals surface area contributed by atoms with Gasteiger partial charge in [0.1, 0.15) is 5.69 Å². The first-order chi connectivity index (χ1) is 18.9. The van der Waals surface area contributed by atoms with Crippen molar-refractivity contribution in [3.63, 3.8) is 0 Å². The van der Waals surface area contributed by atoms with Crippen LogP contribution in [-0.4, -0.2) is 72.2 Å². The maximum absolute atomic E-state index is 12.8. The number of nitrogens with zero attached hydrogens (tertiary/aromatic N) is 4.